The highest BCUT2D eigenvalue weighted by molar-refractivity contribution is 7.09. The number of nitrogens with two attached hydrogens (primary N) is 1. The summed E-state index contributed by atoms with van der Waals surface area (Å²) in [6, 6.07) is 4.00. The highest BCUT2D eigenvalue weighted by atomic mass is 32.1. The molecular formula is C9H14N2O2S. The monoisotopic (exact) mass is 214 g/mol. The fourth-order valence-corrected chi connectivity index (χ4v) is 1.56. The van der Waals surface area contributed by atoms with Gasteiger partial charge in [-0.1, -0.05) is 18.1 Å². The number of rotatable bonds is 5. The van der Waals surface area contributed by atoms with E-state index in [9.17, 15) is 0 Å². The van der Waals surface area contributed by atoms with Crippen LogP contribution in [0.2, 0.25) is 0 Å². The molecule has 1 unspecified atom stereocenters. The van der Waals surface area contributed by atoms with E-state index in [1.165, 1.54) is 4.88 Å². The van der Waals surface area contributed by atoms with Crippen LogP contribution in [0.5, 0.6) is 0 Å². The van der Waals surface area contributed by atoms with Gasteiger partial charge in [-0.3, -0.25) is 0 Å². The van der Waals surface area contributed by atoms with Crippen LogP contribution in [-0.2, 0) is 11.3 Å². The molecule has 3 N–H and O–H groups in total. The van der Waals surface area contributed by atoms with E-state index in [-0.39, 0.29) is 11.8 Å². The summed E-state index contributed by atoms with van der Waals surface area (Å²) in [4.78, 5) is 1.18. The molecule has 5 heteroatoms. The third-order valence-corrected chi connectivity index (χ3v) is 2.66. The average molecular weight is 214 g/mol. The maximum Gasteiger partial charge on any atom is 0.144 e. The average Bonchev–Trinajstić information content (AvgIpc) is 2.69. The van der Waals surface area contributed by atoms with Crippen LogP contribution in [0, 0.1) is 5.92 Å². The zero-order chi connectivity index (χ0) is 10.4. The largest absolute Gasteiger partial charge is 0.409 e. The van der Waals surface area contributed by atoms with Gasteiger partial charge in [0.25, 0.3) is 0 Å². The Morgan fingerprint density at radius 2 is 2.57 bits per heavy atom. The number of thiophene rings is 1. The van der Waals surface area contributed by atoms with Crippen LogP contribution in [0.4, 0.5) is 0 Å². The molecule has 0 aliphatic heterocycles. The van der Waals surface area contributed by atoms with Gasteiger partial charge < -0.3 is 15.7 Å². The zero-order valence-electron chi connectivity index (χ0n) is 8.01. The molecular weight excluding hydrogens is 200 g/mol. The van der Waals surface area contributed by atoms with Gasteiger partial charge in [0.05, 0.1) is 13.2 Å². The second kappa shape index (κ2) is 5.62. The van der Waals surface area contributed by atoms with E-state index in [0.29, 0.717) is 13.2 Å². The summed E-state index contributed by atoms with van der Waals surface area (Å²) in [5.74, 6) is 0.149. The van der Waals surface area contributed by atoms with Crippen molar-refractivity contribution in [2.75, 3.05) is 6.61 Å². The van der Waals surface area contributed by atoms with Gasteiger partial charge in [-0.15, -0.1) is 11.3 Å². The molecule has 0 saturated heterocycles. The molecule has 78 valence electrons. The summed E-state index contributed by atoms with van der Waals surface area (Å²) in [7, 11) is 0. The maximum atomic E-state index is 8.40. The van der Waals surface area contributed by atoms with Gasteiger partial charge in [-0.05, 0) is 11.4 Å². The second-order valence-corrected chi connectivity index (χ2v) is 4.05. The molecule has 14 heavy (non-hydrogen) atoms. The van der Waals surface area contributed by atoms with Crippen LogP contribution in [0.3, 0.4) is 0 Å². The van der Waals surface area contributed by atoms with Crippen molar-refractivity contribution >= 4 is 17.2 Å². The minimum absolute atomic E-state index is 0.0556. The van der Waals surface area contributed by atoms with E-state index in [4.69, 9.17) is 15.7 Å². The number of nitrogens with zero attached hydrogens (tertiary/aromatic N) is 1. The lowest BCUT2D eigenvalue weighted by Gasteiger charge is -2.09. The van der Waals surface area contributed by atoms with Gasteiger partial charge in [0.2, 0.25) is 0 Å². The van der Waals surface area contributed by atoms with Crippen molar-refractivity contribution < 1.29 is 9.94 Å². The maximum absolute atomic E-state index is 8.40. The first-order chi connectivity index (χ1) is 6.74. The number of amidine groups is 1. The molecule has 1 aromatic heterocycles. The van der Waals surface area contributed by atoms with Gasteiger partial charge in [-0.2, -0.15) is 0 Å². The third kappa shape index (κ3) is 3.35. The molecule has 0 bridgehead atoms. The Balaban J connectivity index is 2.22. The van der Waals surface area contributed by atoms with Crippen molar-refractivity contribution in [1.82, 2.24) is 0 Å². The summed E-state index contributed by atoms with van der Waals surface area (Å²) in [6.45, 7) is 2.90. The second-order valence-electron chi connectivity index (χ2n) is 3.02. The number of ether oxygens (including phenoxy) is 1. The molecule has 0 saturated carbocycles. The van der Waals surface area contributed by atoms with Gasteiger partial charge >= 0.3 is 0 Å². The molecule has 0 aliphatic rings. The SMILES string of the molecule is CC(COCc1cccs1)/C(N)=N/O. The van der Waals surface area contributed by atoms with Crippen LogP contribution >= 0.6 is 11.3 Å². The smallest absolute Gasteiger partial charge is 0.144 e. The summed E-state index contributed by atoms with van der Waals surface area (Å²) in [6.07, 6.45) is 0. The summed E-state index contributed by atoms with van der Waals surface area (Å²) in [5.41, 5.74) is 5.40. The van der Waals surface area contributed by atoms with Gasteiger partial charge in [0.1, 0.15) is 5.84 Å². The Hall–Kier alpha value is -1.07. The lowest BCUT2D eigenvalue weighted by molar-refractivity contribution is 0.109. The Kier molecular flexibility index (Phi) is 4.42. The summed E-state index contributed by atoms with van der Waals surface area (Å²) < 4.78 is 5.40. The topological polar surface area (TPSA) is 67.8 Å². The van der Waals surface area contributed by atoms with Crippen molar-refractivity contribution in [2.24, 2.45) is 16.8 Å². The number of oxime groups is 1. The lowest BCUT2D eigenvalue weighted by atomic mass is 10.2. The minimum Gasteiger partial charge on any atom is -0.409 e. The van der Waals surface area contributed by atoms with E-state index >= 15 is 0 Å². The predicted molar refractivity (Wildman–Crippen MR) is 56.5 cm³/mol. The molecule has 0 radical (unpaired) electrons. The van der Waals surface area contributed by atoms with Crippen LogP contribution in [0.25, 0.3) is 0 Å². The standard InChI is InChI=1S/C9H14N2O2S/c1-7(9(10)11-12)5-13-6-8-3-2-4-14-8/h2-4,7,12H,5-6H2,1H3,(H2,10,11). The molecule has 0 fully saturated rings. The number of hydrogen-bond acceptors (Lipinski definition) is 4. The summed E-state index contributed by atoms with van der Waals surface area (Å²) >= 11 is 1.65. The van der Waals surface area contributed by atoms with Crippen molar-refractivity contribution in [1.29, 1.82) is 0 Å². The predicted octanol–water partition coefficient (Wildman–Crippen LogP) is 1.65. The Bertz CT molecular complexity index is 285. The molecule has 1 rings (SSSR count). The molecule has 1 heterocycles. The first-order valence-corrected chi connectivity index (χ1v) is 5.19. The first-order valence-electron chi connectivity index (χ1n) is 4.31. The Morgan fingerprint density at radius 3 is 3.14 bits per heavy atom. The van der Waals surface area contributed by atoms with Crippen molar-refractivity contribution in [3.63, 3.8) is 0 Å². The highest BCUT2D eigenvalue weighted by Gasteiger charge is 2.07. The van der Waals surface area contributed by atoms with Crippen LogP contribution < -0.4 is 5.73 Å². The van der Waals surface area contributed by atoms with Crippen molar-refractivity contribution in [3.8, 4) is 0 Å². The van der Waals surface area contributed by atoms with E-state index < -0.39 is 0 Å². The normalized spacial score (nSPS) is 14.2. The molecule has 4 nitrogen and oxygen atoms in total. The van der Waals surface area contributed by atoms with Crippen LogP contribution in [-0.4, -0.2) is 17.6 Å². The molecule has 0 aliphatic carbocycles. The minimum atomic E-state index is -0.0556. The van der Waals surface area contributed by atoms with E-state index in [0.717, 1.165) is 0 Å². The lowest BCUT2D eigenvalue weighted by Crippen LogP contribution is -2.25. The van der Waals surface area contributed by atoms with Gasteiger partial charge in [-0.25, -0.2) is 0 Å². The molecule has 0 aromatic carbocycles. The van der Waals surface area contributed by atoms with E-state index in [1.807, 2.05) is 24.4 Å². The molecule has 1 aromatic rings. The van der Waals surface area contributed by atoms with Gasteiger partial charge in [0, 0.05) is 10.8 Å². The summed E-state index contributed by atoms with van der Waals surface area (Å²) in [5, 5.41) is 13.3. The fourth-order valence-electron chi connectivity index (χ4n) is 0.915. The Labute approximate surface area is 87.0 Å². The van der Waals surface area contributed by atoms with Crippen LogP contribution in [0.1, 0.15) is 11.8 Å². The number of hydrogen-bond donors (Lipinski definition) is 2. The zero-order valence-corrected chi connectivity index (χ0v) is 8.83. The third-order valence-electron chi connectivity index (χ3n) is 1.81. The highest BCUT2D eigenvalue weighted by Crippen LogP contribution is 2.10. The van der Waals surface area contributed by atoms with E-state index in [2.05, 4.69) is 5.16 Å². The molecule has 0 spiro atoms. The van der Waals surface area contributed by atoms with Crippen molar-refractivity contribution in [3.05, 3.63) is 22.4 Å². The fraction of sp³-hybridized carbons (Fsp3) is 0.444. The quantitative estimate of drug-likeness (QED) is 0.339. The van der Waals surface area contributed by atoms with Crippen LogP contribution in [0.15, 0.2) is 22.7 Å². The van der Waals surface area contributed by atoms with Crippen molar-refractivity contribution in [2.45, 2.75) is 13.5 Å². The first kappa shape index (κ1) is 11.0. The molecule has 0 amide bonds. The van der Waals surface area contributed by atoms with E-state index in [1.54, 1.807) is 11.3 Å². The Morgan fingerprint density at radius 1 is 1.79 bits per heavy atom. The molecule has 1 atom stereocenters. The van der Waals surface area contributed by atoms with Gasteiger partial charge in [0.15, 0.2) is 0 Å².